The van der Waals surface area contributed by atoms with E-state index in [1.54, 1.807) is 24.3 Å². The molecule has 0 bridgehead atoms. The van der Waals surface area contributed by atoms with E-state index in [-0.39, 0.29) is 30.9 Å². The average molecular weight is 319 g/mol. The quantitative estimate of drug-likeness (QED) is 0.818. The molecular weight excluding hydrogens is 294 g/mol. The predicted octanol–water partition coefficient (Wildman–Crippen LogP) is 2.48. The Labute approximate surface area is 137 Å². The van der Waals surface area contributed by atoms with Crippen LogP contribution in [0.5, 0.6) is 5.75 Å². The van der Waals surface area contributed by atoms with Gasteiger partial charge in [0, 0.05) is 6.04 Å². The molecule has 1 aliphatic carbocycles. The van der Waals surface area contributed by atoms with Crippen LogP contribution in [-0.2, 0) is 20.7 Å². The minimum absolute atomic E-state index is 0.0135. The van der Waals surface area contributed by atoms with Gasteiger partial charge in [0.25, 0.3) is 5.91 Å². The molecule has 1 fully saturated rings. The summed E-state index contributed by atoms with van der Waals surface area (Å²) in [5, 5.41) is 3.06. The lowest BCUT2D eigenvalue weighted by Crippen LogP contribution is -2.43. The second kappa shape index (κ2) is 8.56. The Hall–Kier alpha value is -2.04. The molecular formula is C18H25NO4. The summed E-state index contributed by atoms with van der Waals surface area (Å²) in [5.41, 5.74) is 0.852. The number of amides is 1. The van der Waals surface area contributed by atoms with Gasteiger partial charge < -0.3 is 14.8 Å². The Morgan fingerprint density at radius 3 is 2.52 bits per heavy atom. The topological polar surface area (TPSA) is 64.6 Å². The van der Waals surface area contributed by atoms with E-state index in [9.17, 15) is 9.59 Å². The van der Waals surface area contributed by atoms with Crippen LogP contribution in [0.1, 0.15) is 38.2 Å². The van der Waals surface area contributed by atoms with Gasteiger partial charge in [-0.25, -0.2) is 0 Å². The average Bonchev–Trinajstić information content (AvgIpc) is 2.56. The molecule has 2 rings (SSSR count). The molecule has 1 amide bonds. The van der Waals surface area contributed by atoms with Crippen molar-refractivity contribution in [1.29, 1.82) is 0 Å². The number of hydrogen-bond acceptors (Lipinski definition) is 4. The van der Waals surface area contributed by atoms with Crippen molar-refractivity contribution in [2.24, 2.45) is 5.92 Å². The molecule has 1 aromatic carbocycles. The van der Waals surface area contributed by atoms with E-state index in [2.05, 4.69) is 17.0 Å². The van der Waals surface area contributed by atoms with Crippen LogP contribution < -0.4 is 10.1 Å². The van der Waals surface area contributed by atoms with Gasteiger partial charge in [-0.05, 0) is 36.5 Å². The van der Waals surface area contributed by atoms with Gasteiger partial charge in [0.1, 0.15) is 5.75 Å². The second-order valence-corrected chi connectivity index (χ2v) is 6.12. The minimum atomic E-state index is -0.278. The van der Waals surface area contributed by atoms with Gasteiger partial charge in [-0.1, -0.05) is 31.9 Å². The lowest BCUT2D eigenvalue weighted by molar-refractivity contribution is -0.139. The first kappa shape index (κ1) is 17.3. The Morgan fingerprint density at radius 2 is 1.87 bits per heavy atom. The van der Waals surface area contributed by atoms with E-state index < -0.39 is 0 Å². The smallest absolute Gasteiger partial charge is 0.309 e. The molecule has 23 heavy (non-hydrogen) atoms. The first-order chi connectivity index (χ1) is 11.1. The molecule has 0 saturated heterocycles. The number of methoxy groups -OCH3 is 1. The van der Waals surface area contributed by atoms with Crippen LogP contribution in [-0.4, -0.2) is 31.6 Å². The second-order valence-electron chi connectivity index (χ2n) is 6.12. The zero-order valence-electron chi connectivity index (χ0n) is 13.8. The molecule has 1 saturated carbocycles. The van der Waals surface area contributed by atoms with Gasteiger partial charge in [0.15, 0.2) is 6.61 Å². The Bertz CT molecular complexity index is 526. The Kier molecular flexibility index (Phi) is 6.44. The van der Waals surface area contributed by atoms with Crippen molar-refractivity contribution >= 4 is 11.9 Å². The van der Waals surface area contributed by atoms with Crippen molar-refractivity contribution < 1.29 is 19.1 Å². The fourth-order valence-corrected chi connectivity index (χ4v) is 2.87. The highest BCUT2D eigenvalue weighted by Gasteiger charge is 2.22. The van der Waals surface area contributed by atoms with Gasteiger partial charge in [-0.3, -0.25) is 9.59 Å². The van der Waals surface area contributed by atoms with Gasteiger partial charge in [0.2, 0.25) is 0 Å². The third kappa shape index (κ3) is 5.58. The first-order valence-corrected chi connectivity index (χ1v) is 8.16. The molecule has 1 aromatic rings. The number of esters is 1. The van der Waals surface area contributed by atoms with E-state index in [1.807, 2.05) is 0 Å². The minimum Gasteiger partial charge on any atom is -0.484 e. The van der Waals surface area contributed by atoms with Crippen molar-refractivity contribution in [3.05, 3.63) is 29.8 Å². The molecule has 5 nitrogen and oxygen atoms in total. The van der Waals surface area contributed by atoms with E-state index >= 15 is 0 Å². The number of carbonyl (C=O) groups excluding carboxylic acids is 2. The van der Waals surface area contributed by atoms with Crippen molar-refractivity contribution in [3.63, 3.8) is 0 Å². The van der Waals surface area contributed by atoms with Crippen LogP contribution in [0, 0.1) is 5.92 Å². The zero-order valence-corrected chi connectivity index (χ0v) is 13.8. The standard InChI is InChI=1S/C18H25NO4/c1-13-5-3-4-6-16(13)19-17(20)12-23-15-9-7-14(8-10-15)11-18(21)22-2/h7-10,13,16H,3-6,11-12H2,1-2H3,(H,19,20)/t13-,16-/m1/s1. The highest BCUT2D eigenvalue weighted by Crippen LogP contribution is 2.23. The summed E-state index contributed by atoms with van der Waals surface area (Å²) >= 11 is 0. The summed E-state index contributed by atoms with van der Waals surface area (Å²) in [6.45, 7) is 2.20. The summed E-state index contributed by atoms with van der Waals surface area (Å²) < 4.78 is 10.1. The molecule has 0 radical (unpaired) electrons. The third-order valence-corrected chi connectivity index (χ3v) is 4.33. The van der Waals surface area contributed by atoms with Crippen molar-refractivity contribution in [1.82, 2.24) is 5.32 Å². The van der Waals surface area contributed by atoms with Crippen LogP contribution in [0.15, 0.2) is 24.3 Å². The summed E-state index contributed by atoms with van der Waals surface area (Å²) in [6, 6.07) is 7.38. The fraction of sp³-hybridized carbons (Fsp3) is 0.556. The molecule has 5 heteroatoms. The number of nitrogens with one attached hydrogen (secondary N) is 1. The number of ether oxygens (including phenoxy) is 2. The maximum atomic E-state index is 12.0. The van der Waals surface area contributed by atoms with Crippen LogP contribution in [0.3, 0.4) is 0 Å². The highest BCUT2D eigenvalue weighted by atomic mass is 16.5. The number of carbonyl (C=O) groups is 2. The lowest BCUT2D eigenvalue weighted by atomic mass is 9.86. The SMILES string of the molecule is COC(=O)Cc1ccc(OCC(=O)N[C@@H]2CCCC[C@H]2C)cc1. The van der Waals surface area contributed by atoms with E-state index in [0.29, 0.717) is 11.7 Å². The van der Waals surface area contributed by atoms with Crippen LogP contribution in [0.2, 0.25) is 0 Å². The Balaban J connectivity index is 1.76. The summed E-state index contributed by atoms with van der Waals surface area (Å²) in [4.78, 5) is 23.2. The van der Waals surface area contributed by atoms with Gasteiger partial charge in [-0.15, -0.1) is 0 Å². The summed E-state index contributed by atoms with van der Waals surface area (Å²) in [5.74, 6) is 0.790. The van der Waals surface area contributed by atoms with Gasteiger partial charge in [-0.2, -0.15) is 0 Å². The van der Waals surface area contributed by atoms with Crippen LogP contribution in [0.4, 0.5) is 0 Å². The normalized spacial score (nSPS) is 20.6. The number of hydrogen-bond donors (Lipinski definition) is 1. The monoisotopic (exact) mass is 319 g/mol. The Morgan fingerprint density at radius 1 is 1.17 bits per heavy atom. The lowest BCUT2D eigenvalue weighted by Gasteiger charge is -2.29. The third-order valence-electron chi connectivity index (χ3n) is 4.33. The van der Waals surface area contributed by atoms with E-state index in [1.165, 1.54) is 26.4 Å². The molecule has 0 spiro atoms. The maximum Gasteiger partial charge on any atom is 0.309 e. The van der Waals surface area contributed by atoms with Gasteiger partial charge in [0.05, 0.1) is 13.5 Å². The van der Waals surface area contributed by atoms with Crippen LogP contribution >= 0.6 is 0 Å². The summed E-state index contributed by atoms with van der Waals surface area (Å²) in [7, 11) is 1.37. The number of rotatable bonds is 6. The van der Waals surface area contributed by atoms with Crippen molar-refractivity contribution in [3.8, 4) is 5.75 Å². The van der Waals surface area contributed by atoms with Crippen molar-refractivity contribution in [2.45, 2.75) is 45.1 Å². The van der Waals surface area contributed by atoms with E-state index in [0.717, 1.165) is 12.0 Å². The fourth-order valence-electron chi connectivity index (χ4n) is 2.87. The zero-order chi connectivity index (χ0) is 16.7. The molecule has 1 aliphatic rings. The molecule has 126 valence electrons. The van der Waals surface area contributed by atoms with Crippen LogP contribution in [0.25, 0.3) is 0 Å². The van der Waals surface area contributed by atoms with Gasteiger partial charge >= 0.3 is 5.97 Å². The first-order valence-electron chi connectivity index (χ1n) is 8.16. The number of benzene rings is 1. The van der Waals surface area contributed by atoms with Crippen molar-refractivity contribution in [2.75, 3.05) is 13.7 Å². The molecule has 0 heterocycles. The summed E-state index contributed by atoms with van der Waals surface area (Å²) in [6.07, 6.45) is 4.89. The maximum absolute atomic E-state index is 12.0. The van der Waals surface area contributed by atoms with E-state index in [4.69, 9.17) is 4.74 Å². The molecule has 2 atom stereocenters. The predicted molar refractivity (Wildman–Crippen MR) is 87.2 cm³/mol. The molecule has 0 unspecified atom stereocenters. The molecule has 0 aliphatic heterocycles. The molecule has 1 N–H and O–H groups in total. The molecule has 0 aromatic heterocycles. The highest BCUT2D eigenvalue weighted by molar-refractivity contribution is 5.78. The largest absolute Gasteiger partial charge is 0.484 e.